The van der Waals surface area contributed by atoms with Gasteiger partial charge in [-0.15, -0.1) is 11.3 Å². The zero-order chi connectivity index (χ0) is 17.4. The van der Waals surface area contributed by atoms with E-state index >= 15 is 0 Å². The van der Waals surface area contributed by atoms with Crippen molar-refractivity contribution in [3.8, 4) is 10.6 Å². The summed E-state index contributed by atoms with van der Waals surface area (Å²) in [6.45, 7) is 1.84. The predicted octanol–water partition coefficient (Wildman–Crippen LogP) is 4.90. The first kappa shape index (κ1) is 15.8. The number of aryl methyl sites for hydroxylation is 1. The molecule has 7 heteroatoms. The van der Waals surface area contributed by atoms with Gasteiger partial charge in [-0.05, 0) is 37.3 Å². The molecule has 2 heterocycles. The van der Waals surface area contributed by atoms with Crippen molar-refractivity contribution in [1.29, 1.82) is 0 Å². The number of rotatable bonds is 3. The maximum absolute atomic E-state index is 12.6. The van der Waals surface area contributed by atoms with Gasteiger partial charge >= 0.3 is 0 Å². The van der Waals surface area contributed by atoms with E-state index in [9.17, 15) is 4.79 Å². The molecule has 1 amide bonds. The second-order valence-electron chi connectivity index (χ2n) is 5.57. The molecule has 0 unspecified atom stereocenters. The van der Waals surface area contributed by atoms with Crippen LogP contribution in [0.5, 0.6) is 0 Å². The summed E-state index contributed by atoms with van der Waals surface area (Å²) >= 11 is 7.29. The molecule has 0 saturated heterocycles. The number of carbonyl (C=O) groups is 1. The number of carbonyl (C=O) groups excluding carboxylic acids is 1. The highest BCUT2D eigenvalue weighted by molar-refractivity contribution is 7.17. The topological polar surface area (TPSA) is 70.7 Å². The first-order chi connectivity index (χ1) is 12.1. The van der Waals surface area contributed by atoms with Gasteiger partial charge in [0.15, 0.2) is 0 Å². The van der Waals surface area contributed by atoms with Crippen LogP contribution in [0, 0.1) is 6.92 Å². The van der Waals surface area contributed by atoms with Crippen molar-refractivity contribution in [3.63, 3.8) is 0 Å². The molecule has 25 heavy (non-hydrogen) atoms. The van der Waals surface area contributed by atoms with Crippen LogP contribution in [0.25, 0.3) is 21.5 Å². The largest absolute Gasteiger partial charge is 0.321 e. The highest BCUT2D eigenvalue weighted by Gasteiger charge is 2.16. The lowest BCUT2D eigenvalue weighted by molar-refractivity contribution is 0.103. The number of hydrogen-bond acceptors (Lipinski definition) is 4. The Morgan fingerprint density at radius 3 is 2.80 bits per heavy atom. The van der Waals surface area contributed by atoms with Crippen molar-refractivity contribution < 1.29 is 4.79 Å². The third-order valence-electron chi connectivity index (χ3n) is 3.79. The van der Waals surface area contributed by atoms with E-state index in [4.69, 9.17) is 11.6 Å². The van der Waals surface area contributed by atoms with Crippen LogP contribution in [0.1, 0.15) is 15.4 Å². The van der Waals surface area contributed by atoms with E-state index in [0.29, 0.717) is 15.6 Å². The average molecular weight is 369 g/mol. The van der Waals surface area contributed by atoms with Crippen LogP contribution in [0.2, 0.25) is 5.02 Å². The highest BCUT2D eigenvalue weighted by Crippen LogP contribution is 2.29. The van der Waals surface area contributed by atoms with Gasteiger partial charge in [-0.2, -0.15) is 5.10 Å². The van der Waals surface area contributed by atoms with E-state index in [1.807, 2.05) is 49.4 Å². The zero-order valence-corrected chi connectivity index (χ0v) is 14.8. The van der Waals surface area contributed by atoms with Crippen LogP contribution >= 0.6 is 22.9 Å². The molecule has 0 aliphatic rings. The molecule has 4 aromatic rings. The number of aromatic nitrogens is 3. The van der Waals surface area contributed by atoms with Gasteiger partial charge in [-0.1, -0.05) is 23.7 Å². The standard InChI is InChI=1S/C18H13ClN4OS/c1-10-16(25-18(21-10)11-2-4-13(19)5-3-11)17(24)22-14-6-7-15-12(8-14)9-20-23-15/h2-9H,1H3,(H,20,23)(H,22,24). The Morgan fingerprint density at radius 2 is 2.00 bits per heavy atom. The molecule has 0 atom stereocenters. The summed E-state index contributed by atoms with van der Waals surface area (Å²) in [4.78, 5) is 17.7. The third kappa shape index (κ3) is 3.14. The average Bonchev–Trinajstić information content (AvgIpc) is 3.21. The minimum atomic E-state index is -0.168. The van der Waals surface area contributed by atoms with E-state index in [1.54, 1.807) is 6.20 Å². The lowest BCUT2D eigenvalue weighted by atomic mass is 10.2. The van der Waals surface area contributed by atoms with Crippen LogP contribution in [0.15, 0.2) is 48.7 Å². The molecule has 2 aromatic carbocycles. The summed E-state index contributed by atoms with van der Waals surface area (Å²) in [5.74, 6) is -0.168. The molecule has 0 bridgehead atoms. The monoisotopic (exact) mass is 368 g/mol. The molecule has 0 fully saturated rings. The number of nitrogens with one attached hydrogen (secondary N) is 2. The molecular weight excluding hydrogens is 356 g/mol. The van der Waals surface area contributed by atoms with Crippen molar-refractivity contribution in [3.05, 3.63) is 64.3 Å². The SMILES string of the molecule is Cc1nc(-c2ccc(Cl)cc2)sc1C(=O)Nc1ccc2[nH]ncc2c1. The predicted molar refractivity (Wildman–Crippen MR) is 101 cm³/mol. The number of halogens is 1. The molecule has 5 nitrogen and oxygen atoms in total. The number of H-pyrrole nitrogens is 1. The van der Waals surface area contributed by atoms with Gasteiger partial charge in [0.2, 0.25) is 0 Å². The number of hydrogen-bond donors (Lipinski definition) is 2. The molecular formula is C18H13ClN4OS. The van der Waals surface area contributed by atoms with E-state index in [0.717, 1.165) is 27.2 Å². The highest BCUT2D eigenvalue weighted by atomic mass is 35.5. The number of thiazole rings is 1. The van der Waals surface area contributed by atoms with Crippen molar-refractivity contribution in [1.82, 2.24) is 15.2 Å². The second-order valence-corrected chi connectivity index (χ2v) is 7.00. The summed E-state index contributed by atoms with van der Waals surface area (Å²) in [5, 5.41) is 12.2. The summed E-state index contributed by atoms with van der Waals surface area (Å²) in [5.41, 5.74) is 3.30. The maximum atomic E-state index is 12.6. The number of nitrogens with zero attached hydrogens (tertiary/aromatic N) is 2. The first-order valence-corrected chi connectivity index (χ1v) is 8.77. The zero-order valence-electron chi connectivity index (χ0n) is 13.2. The van der Waals surface area contributed by atoms with Crippen LogP contribution in [0.3, 0.4) is 0 Å². The van der Waals surface area contributed by atoms with Gasteiger partial charge in [-0.3, -0.25) is 9.89 Å². The Kier molecular flexibility index (Phi) is 3.99. The fraction of sp³-hybridized carbons (Fsp3) is 0.0556. The normalized spacial score (nSPS) is 11.0. The van der Waals surface area contributed by atoms with Crippen LogP contribution in [-0.4, -0.2) is 21.1 Å². The molecule has 0 radical (unpaired) electrons. The molecule has 0 spiro atoms. The summed E-state index contributed by atoms with van der Waals surface area (Å²) in [6.07, 6.45) is 1.72. The van der Waals surface area contributed by atoms with Gasteiger partial charge in [0, 0.05) is 21.7 Å². The van der Waals surface area contributed by atoms with Crippen molar-refractivity contribution in [2.45, 2.75) is 6.92 Å². The van der Waals surface area contributed by atoms with Gasteiger partial charge in [-0.25, -0.2) is 4.98 Å². The van der Waals surface area contributed by atoms with Crippen LogP contribution in [0.4, 0.5) is 5.69 Å². The minimum Gasteiger partial charge on any atom is -0.321 e. The van der Waals surface area contributed by atoms with Gasteiger partial charge < -0.3 is 5.32 Å². The summed E-state index contributed by atoms with van der Waals surface area (Å²) < 4.78 is 0. The molecule has 0 aliphatic carbocycles. The molecule has 2 aromatic heterocycles. The molecule has 124 valence electrons. The van der Waals surface area contributed by atoms with E-state index < -0.39 is 0 Å². The van der Waals surface area contributed by atoms with Crippen molar-refractivity contribution >= 4 is 45.4 Å². The van der Waals surface area contributed by atoms with Crippen molar-refractivity contribution in [2.24, 2.45) is 0 Å². The third-order valence-corrected chi connectivity index (χ3v) is 5.25. The molecule has 4 rings (SSSR count). The fourth-order valence-corrected chi connectivity index (χ4v) is 3.62. The minimum absolute atomic E-state index is 0.168. The molecule has 0 saturated carbocycles. The Labute approximate surface area is 152 Å². The number of anilines is 1. The fourth-order valence-electron chi connectivity index (χ4n) is 2.53. The molecule has 0 aliphatic heterocycles. The Hall–Kier alpha value is -2.70. The van der Waals surface area contributed by atoms with Gasteiger partial charge in [0.25, 0.3) is 5.91 Å². The lowest BCUT2D eigenvalue weighted by Gasteiger charge is -2.04. The Balaban J connectivity index is 1.60. The van der Waals surface area contributed by atoms with E-state index in [1.165, 1.54) is 11.3 Å². The van der Waals surface area contributed by atoms with Crippen molar-refractivity contribution in [2.75, 3.05) is 5.32 Å². The maximum Gasteiger partial charge on any atom is 0.267 e. The number of fused-ring (bicyclic) bond motifs is 1. The van der Waals surface area contributed by atoms with E-state index in [2.05, 4.69) is 20.5 Å². The number of amides is 1. The second kappa shape index (κ2) is 6.31. The van der Waals surface area contributed by atoms with E-state index in [-0.39, 0.29) is 5.91 Å². The summed E-state index contributed by atoms with van der Waals surface area (Å²) in [6, 6.07) is 13.0. The number of benzene rings is 2. The van der Waals surface area contributed by atoms with Gasteiger partial charge in [0.05, 0.1) is 17.4 Å². The lowest BCUT2D eigenvalue weighted by Crippen LogP contribution is -2.11. The quantitative estimate of drug-likeness (QED) is 0.540. The number of aromatic amines is 1. The first-order valence-electron chi connectivity index (χ1n) is 7.58. The summed E-state index contributed by atoms with van der Waals surface area (Å²) in [7, 11) is 0. The Bertz CT molecular complexity index is 1070. The van der Waals surface area contributed by atoms with Crippen LogP contribution < -0.4 is 5.32 Å². The molecule has 2 N–H and O–H groups in total. The van der Waals surface area contributed by atoms with Gasteiger partial charge in [0.1, 0.15) is 9.88 Å². The smallest absolute Gasteiger partial charge is 0.267 e. The Morgan fingerprint density at radius 1 is 1.20 bits per heavy atom. The van der Waals surface area contributed by atoms with Crippen LogP contribution in [-0.2, 0) is 0 Å².